The van der Waals surface area contributed by atoms with Crippen molar-refractivity contribution in [1.29, 1.82) is 0 Å². The molecule has 0 saturated carbocycles. The molecule has 0 saturated heterocycles. The number of hydrogen-bond acceptors (Lipinski definition) is 7. The molecule has 0 spiro atoms. The number of amides is 2. The second-order valence-corrected chi connectivity index (χ2v) is 7.52. The maximum Gasteiger partial charge on any atom is 0.275 e. The standard InChI is InChI=1S/C25H24N4O5/c1-14-12-19(15(2)26-28-24(33)17-8-4-6-10-21(17)30)23(32)20(13-14)16(3)27-29-25(34)18-9-5-7-11-22(18)31/h4-13,30-32H,1-3H3,(H,28,33)(H,29,34)/b26-15+,27-16?. The van der Waals surface area contributed by atoms with Crippen molar-refractivity contribution in [2.45, 2.75) is 20.8 Å². The highest BCUT2D eigenvalue weighted by molar-refractivity contribution is 6.09. The first-order valence-corrected chi connectivity index (χ1v) is 10.3. The smallest absolute Gasteiger partial charge is 0.275 e. The van der Waals surface area contributed by atoms with Crippen LogP contribution in [0.25, 0.3) is 0 Å². The first-order valence-electron chi connectivity index (χ1n) is 10.3. The minimum absolute atomic E-state index is 0.0661. The Kier molecular flexibility index (Phi) is 7.27. The molecule has 0 radical (unpaired) electrons. The number of carbonyl (C=O) groups excluding carboxylic acids is 2. The van der Waals surface area contributed by atoms with E-state index in [4.69, 9.17) is 0 Å². The number of aromatic hydroxyl groups is 3. The van der Waals surface area contributed by atoms with Gasteiger partial charge < -0.3 is 15.3 Å². The minimum Gasteiger partial charge on any atom is -0.507 e. The predicted octanol–water partition coefficient (Wildman–Crippen LogP) is 3.42. The Morgan fingerprint density at radius 2 is 1.06 bits per heavy atom. The topological polar surface area (TPSA) is 144 Å². The molecule has 0 bridgehead atoms. The molecule has 2 amide bonds. The molecule has 9 heteroatoms. The summed E-state index contributed by atoms with van der Waals surface area (Å²) in [5, 5.41) is 38.6. The van der Waals surface area contributed by atoms with Crippen molar-refractivity contribution < 1.29 is 24.9 Å². The number of phenols is 3. The number of phenolic OH excluding ortho intramolecular Hbond substituents is 3. The van der Waals surface area contributed by atoms with Gasteiger partial charge >= 0.3 is 0 Å². The van der Waals surface area contributed by atoms with Crippen LogP contribution in [0.3, 0.4) is 0 Å². The van der Waals surface area contributed by atoms with Gasteiger partial charge in [0.05, 0.1) is 22.6 Å². The molecule has 5 N–H and O–H groups in total. The molecule has 0 aliphatic rings. The number of carbonyl (C=O) groups is 2. The van der Waals surface area contributed by atoms with E-state index in [1.54, 1.807) is 50.2 Å². The fourth-order valence-electron chi connectivity index (χ4n) is 3.17. The quantitative estimate of drug-likeness (QED) is 0.283. The van der Waals surface area contributed by atoms with Crippen LogP contribution in [0.5, 0.6) is 17.2 Å². The average molecular weight is 460 g/mol. The van der Waals surface area contributed by atoms with Crippen LogP contribution in [0.4, 0.5) is 0 Å². The summed E-state index contributed by atoms with van der Waals surface area (Å²) in [6.45, 7) is 5.03. The van der Waals surface area contributed by atoms with Crippen molar-refractivity contribution in [2.24, 2.45) is 10.2 Å². The summed E-state index contributed by atoms with van der Waals surface area (Å²) in [6, 6.07) is 15.5. The van der Waals surface area contributed by atoms with Gasteiger partial charge in [-0.25, -0.2) is 10.9 Å². The Morgan fingerprint density at radius 3 is 1.44 bits per heavy atom. The van der Waals surface area contributed by atoms with Gasteiger partial charge in [-0.2, -0.15) is 10.2 Å². The zero-order valence-corrected chi connectivity index (χ0v) is 18.8. The van der Waals surface area contributed by atoms with E-state index in [0.717, 1.165) is 5.56 Å². The van der Waals surface area contributed by atoms with Crippen LogP contribution in [0, 0.1) is 6.92 Å². The highest BCUT2D eigenvalue weighted by Crippen LogP contribution is 2.26. The number of nitrogens with zero attached hydrogens (tertiary/aromatic N) is 2. The highest BCUT2D eigenvalue weighted by Gasteiger charge is 2.16. The van der Waals surface area contributed by atoms with Gasteiger partial charge in [-0.05, 0) is 62.7 Å². The lowest BCUT2D eigenvalue weighted by atomic mass is 9.99. The fourth-order valence-corrected chi connectivity index (χ4v) is 3.17. The van der Waals surface area contributed by atoms with E-state index in [1.807, 2.05) is 6.92 Å². The molecular weight excluding hydrogens is 436 g/mol. The zero-order valence-electron chi connectivity index (χ0n) is 18.8. The van der Waals surface area contributed by atoms with Crippen LogP contribution >= 0.6 is 0 Å². The summed E-state index contributed by atoms with van der Waals surface area (Å²) >= 11 is 0. The van der Waals surface area contributed by atoms with Crippen molar-refractivity contribution >= 4 is 23.2 Å². The van der Waals surface area contributed by atoms with Gasteiger partial charge in [-0.1, -0.05) is 24.3 Å². The van der Waals surface area contributed by atoms with E-state index in [-0.39, 0.29) is 28.4 Å². The van der Waals surface area contributed by atoms with Gasteiger partial charge in [-0.15, -0.1) is 0 Å². The van der Waals surface area contributed by atoms with Crippen molar-refractivity contribution in [3.05, 3.63) is 88.5 Å². The summed E-state index contributed by atoms with van der Waals surface area (Å²) in [6.07, 6.45) is 0. The normalized spacial score (nSPS) is 11.7. The monoisotopic (exact) mass is 460 g/mol. The average Bonchev–Trinajstić information content (AvgIpc) is 2.82. The van der Waals surface area contributed by atoms with Crippen molar-refractivity contribution in [2.75, 3.05) is 0 Å². The van der Waals surface area contributed by atoms with Crippen molar-refractivity contribution in [3.8, 4) is 17.2 Å². The Bertz CT molecular complexity index is 1220. The Hall–Kier alpha value is -4.66. The number of nitrogens with one attached hydrogen (secondary N) is 2. The van der Waals surface area contributed by atoms with Gasteiger partial charge in [0.15, 0.2) is 0 Å². The van der Waals surface area contributed by atoms with Crippen LogP contribution in [-0.4, -0.2) is 38.6 Å². The highest BCUT2D eigenvalue weighted by atomic mass is 16.3. The molecule has 0 heterocycles. The summed E-state index contributed by atoms with van der Waals surface area (Å²) in [4.78, 5) is 24.6. The molecule has 0 aliphatic heterocycles. The van der Waals surface area contributed by atoms with Crippen molar-refractivity contribution in [3.63, 3.8) is 0 Å². The molecule has 3 aromatic rings. The van der Waals surface area contributed by atoms with E-state index >= 15 is 0 Å². The molecular formula is C25H24N4O5. The number of benzene rings is 3. The Labute approximate surface area is 196 Å². The first kappa shape index (κ1) is 24.0. The zero-order chi connectivity index (χ0) is 24.8. The summed E-state index contributed by atoms with van der Waals surface area (Å²) in [5.74, 6) is -1.69. The largest absolute Gasteiger partial charge is 0.507 e. The number of para-hydroxylation sites is 2. The molecule has 0 aliphatic carbocycles. The third-order valence-electron chi connectivity index (χ3n) is 4.98. The van der Waals surface area contributed by atoms with Gasteiger partial charge in [0.1, 0.15) is 17.2 Å². The Morgan fingerprint density at radius 1 is 0.676 bits per heavy atom. The maximum atomic E-state index is 12.3. The summed E-state index contributed by atoms with van der Waals surface area (Å²) in [7, 11) is 0. The van der Waals surface area contributed by atoms with E-state index < -0.39 is 11.8 Å². The molecule has 34 heavy (non-hydrogen) atoms. The van der Waals surface area contributed by atoms with Crippen LogP contribution in [0.1, 0.15) is 51.3 Å². The molecule has 0 atom stereocenters. The Balaban J connectivity index is 1.83. The molecule has 174 valence electrons. The van der Waals surface area contributed by atoms with Crippen molar-refractivity contribution in [1.82, 2.24) is 10.9 Å². The SMILES string of the molecule is CC(=NNC(=O)c1ccccc1O)c1cc(C)cc(/C(C)=N/NC(=O)c2ccccc2O)c1O. The predicted molar refractivity (Wildman–Crippen MR) is 128 cm³/mol. The van der Waals surface area contributed by atoms with E-state index in [0.29, 0.717) is 22.6 Å². The summed E-state index contributed by atoms with van der Waals surface area (Å²) < 4.78 is 0. The van der Waals surface area contributed by atoms with E-state index in [9.17, 15) is 24.9 Å². The van der Waals surface area contributed by atoms with Gasteiger partial charge in [0, 0.05) is 11.1 Å². The number of hydrogen-bond donors (Lipinski definition) is 5. The maximum absolute atomic E-state index is 12.3. The second kappa shape index (κ2) is 10.3. The number of aryl methyl sites for hydroxylation is 1. The van der Waals surface area contributed by atoms with E-state index in [1.165, 1.54) is 24.3 Å². The van der Waals surface area contributed by atoms with Crippen LogP contribution in [0.2, 0.25) is 0 Å². The van der Waals surface area contributed by atoms with Gasteiger partial charge in [0.25, 0.3) is 11.8 Å². The molecule has 0 unspecified atom stereocenters. The number of rotatable bonds is 6. The van der Waals surface area contributed by atoms with Crippen LogP contribution in [-0.2, 0) is 0 Å². The van der Waals surface area contributed by atoms with Gasteiger partial charge in [0.2, 0.25) is 0 Å². The van der Waals surface area contributed by atoms with E-state index in [2.05, 4.69) is 21.1 Å². The minimum atomic E-state index is -0.602. The molecule has 9 nitrogen and oxygen atoms in total. The molecule has 3 rings (SSSR count). The molecule has 0 fully saturated rings. The fraction of sp³-hybridized carbons (Fsp3) is 0.120. The van der Waals surface area contributed by atoms with Gasteiger partial charge in [-0.3, -0.25) is 9.59 Å². The van der Waals surface area contributed by atoms with Crippen LogP contribution < -0.4 is 10.9 Å². The first-order chi connectivity index (χ1) is 16.2. The van der Waals surface area contributed by atoms with Crippen LogP contribution in [0.15, 0.2) is 70.9 Å². The second-order valence-electron chi connectivity index (χ2n) is 7.52. The lowest BCUT2D eigenvalue weighted by Crippen LogP contribution is -2.20. The number of hydrazone groups is 2. The molecule has 0 aromatic heterocycles. The lowest BCUT2D eigenvalue weighted by molar-refractivity contribution is 0.0943. The third kappa shape index (κ3) is 5.39. The summed E-state index contributed by atoms with van der Waals surface area (Å²) in [5.41, 5.74) is 6.99. The molecule has 3 aromatic carbocycles. The third-order valence-corrected chi connectivity index (χ3v) is 4.98. The lowest BCUT2D eigenvalue weighted by Gasteiger charge is -2.12.